The number of rotatable bonds is 3. The van der Waals surface area contributed by atoms with Crippen molar-refractivity contribution in [2.75, 3.05) is 0 Å². The van der Waals surface area contributed by atoms with Crippen LogP contribution in [-0.2, 0) is 0 Å². The fourth-order valence-corrected chi connectivity index (χ4v) is 2.76. The fraction of sp³-hybridized carbons (Fsp3) is 0. The van der Waals surface area contributed by atoms with E-state index >= 15 is 0 Å². The predicted octanol–water partition coefficient (Wildman–Crippen LogP) is 4.74. The Morgan fingerprint density at radius 1 is 0.615 bits per heavy atom. The quantitative estimate of drug-likeness (QED) is 0.542. The molecule has 4 aromatic rings. The molecule has 0 aliphatic carbocycles. The lowest BCUT2D eigenvalue weighted by atomic mass is 10.0. The molecule has 1 aromatic heterocycles. The fourth-order valence-electron chi connectivity index (χ4n) is 2.76. The highest BCUT2D eigenvalue weighted by Gasteiger charge is 2.14. The minimum absolute atomic E-state index is 0.501. The second kappa shape index (κ2) is 6.96. The van der Waals surface area contributed by atoms with Gasteiger partial charge in [0.25, 0.3) is 0 Å². The van der Waals surface area contributed by atoms with Crippen LogP contribution in [0.3, 0.4) is 0 Å². The maximum atomic E-state index is 9.13. The van der Waals surface area contributed by atoms with Gasteiger partial charge in [-0.15, -0.1) is 10.2 Å². The van der Waals surface area contributed by atoms with Crippen molar-refractivity contribution < 1.29 is 0 Å². The molecule has 0 radical (unpaired) electrons. The molecule has 0 aliphatic rings. The molecule has 0 saturated carbocycles. The van der Waals surface area contributed by atoms with E-state index in [4.69, 9.17) is 10.2 Å². The van der Waals surface area contributed by atoms with Gasteiger partial charge in [0.1, 0.15) is 11.4 Å². The first-order valence-electron chi connectivity index (χ1n) is 8.21. The van der Waals surface area contributed by atoms with Gasteiger partial charge in [-0.2, -0.15) is 5.26 Å². The van der Waals surface area contributed by atoms with E-state index in [1.807, 2.05) is 72.8 Å². The Balaban J connectivity index is 1.91. The van der Waals surface area contributed by atoms with Crippen LogP contribution in [0.15, 0.2) is 84.9 Å². The van der Waals surface area contributed by atoms with Crippen molar-refractivity contribution >= 4 is 0 Å². The lowest BCUT2D eigenvalue weighted by Gasteiger charge is -2.10. The van der Waals surface area contributed by atoms with Crippen LogP contribution in [0.5, 0.6) is 0 Å². The Labute approximate surface area is 151 Å². The molecule has 0 atom stereocenters. The largest absolute Gasteiger partial charge is 0.224 e. The van der Waals surface area contributed by atoms with Crippen molar-refractivity contribution in [2.45, 2.75) is 0 Å². The van der Waals surface area contributed by atoms with Crippen molar-refractivity contribution in [1.29, 1.82) is 5.26 Å². The zero-order valence-corrected chi connectivity index (χ0v) is 13.9. The maximum absolute atomic E-state index is 9.13. The molecular formula is C22H14N4. The molecule has 0 unspecified atom stereocenters. The number of benzene rings is 3. The first-order valence-corrected chi connectivity index (χ1v) is 8.21. The van der Waals surface area contributed by atoms with E-state index in [-0.39, 0.29) is 0 Å². The van der Waals surface area contributed by atoms with E-state index < -0.39 is 0 Å². The van der Waals surface area contributed by atoms with Crippen LogP contribution in [-0.4, -0.2) is 15.2 Å². The van der Waals surface area contributed by atoms with Crippen molar-refractivity contribution in [3.63, 3.8) is 0 Å². The Morgan fingerprint density at radius 3 is 1.88 bits per heavy atom. The first-order chi connectivity index (χ1) is 12.8. The SMILES string of the molecule is N#Cc1cccc(-c2nnc(-c3ccccc3)c(-c3ccccc3)n2)c1. The van der Waals surface area contributed by atoms with E-state index in [1.54, 1.807) is 12.1 Å². The summed E-state index contributed by atoms with van der Waals surface area (Å²) in [6.07, 6.45) is 0. The lowest BCUT2D eigenvalue weighted by Crippen LogP contribution is -2.00. The molecule has 0 bridgehead atoms. The highest BCUT2D eigenvalue weighted by Crippen LogP contribution is 2.29. The van der Waals surface area contributed by atoms with E-state index in [0.717, 1.165) is 28.1 Å². The summed E-state index contributed by atoms with van der Waals surface area (Å²) in [5.41, 5.74) is 4.77. The van der Waals surface area contributed by atoms with Crippen LogP contribution < -0.4 is 0 Å². The van der Waals surface area contributed by atoms with Crippen LogP contribution in [0.4, 0.5) is 0 Å². The Bertz CT molecular complexity index is 1080. The molecule has 4 heteroatoms. The van der Waals surface area contributed by atoms with Crippen LogP contribution in [0, 0.1) is 11.3 Å². The number of hydrogen-bond acceptors (Lipinski definition) is 4. The van der Waals surface area contributed by atoms with Gasteiger partial charge in [0.2, 0.25) is 0 Å². The van der Waals surface area contributed by atoms with Gasteiger partial charge in [0, 0.05) is 16.7 Å². The molecule has 0 saturated heterocycles. The molecule has 0 amide bonds. The molecule has 0 fully saturated rings. The monoisotopic (exact) mass is 334 g/mol. The third-order valence-electron chi connectivity index (χ3n) is 4.03. The van der Waals surface area contributed by atoms with Gasteiger partial charge in [-0.1, -0.05) is 72.8 Å². The van der Waals surface area contributed by atoms with Gasteiger partial charge >= 0.3 is 0 Å². The maximum Gasteiger partial charge on any atom is 0.182 e. The van der Waals surface area contributed by atoms with E-state index in [9.17, 15) is 0 Å². The second-order valence-corrected chi connectivity index (χ2v) is 5.76. The predicted molar refractivity (Wildman–Crippen MR) is 101 cm³/mol. The van der Waals surface area contributed by atoms with Crippen molar-refractivity contribution in [3.8, 4) is 40.0 Å². The molecule has 122 valence electrons. The van der Waals surface area contributed by atoms with Gasteiger partial charge in [0.05, 0.1) is 11.6 Å². The molecule has 3 aromatic carbocycles. The zero-order chi connectivity index (χ0) is 17.8. The third-order valence-corrected chi connectivity index (χ3v) is 4.03. The van der Waals surface area contributed by atoms with Crippen LogP contribution in [0.2, 0.25) is 0 Å². The first kappa shape index (κ1) is 15.7. The summed E-state index contributed by atoms with van der Waals surface area (Å²) < 4.78 is 0. The van der Waals surface area contributed by atoms with Crippen LogP contribution in [0.1, 0.15) is 5.56 Å². The minimum atomic E-state index is 0.501. The number of aromatic nitrogens is 3. The average Bonchev–Trinajstić information content (AvgIpc) is 2.74. The number of nitriles is 1. The third kappa shape index (κ3) is 3.06. The van der Waals surface area contributed by atoms with Crippen molar-refractivity contribution in [3.05, 3.63) is 90.5 Å². The standard InChI is InChI=1S/C22H14N4/c23-15-16-8-7-13-19(14-16)22-24-20(17-9-3-1-4-10-17)21(25-26-22)18-11-5-2-6-12-18/h1-14H. The van der Waals surface area contributed by atoms with Gasteiger partial charge in [0.15, 0.2) is 5.82 Å². The summed E-state index contributed by atoms with van der Waals surface area (Å²) in [4.78, 5) is 4.78. The lowest BCUT2D eigenvalue weighted by molar-refractivity contribution is 0.991. The second-order valence-electron chi connectivity index (χ2n) is 5.76. The van der Waals surface area contributed by atoms with E-state index in [0.29, 0.717) is 11.4 Å². The molecule has 26 heavy (non-hydrogen) atoms. The molecule has 4 nitrogen and oxygen atoms in total. The zero-order valence-electron chi connectivity index (χ0n) is 13.9. The molecule has 0 N–H and O–H groups in total. The normalized spacial score (nSPS) is 10.3. The van der Waals surface area contributed by atoms with Gasteiger partial charge in [-0.05, 0) is 12.1 Å². The van der Waals surface area contributed by atoms with Gasteiger partial charge in [-0.25, -0.2) is 4.98 Å². The molecule has 0 spiro atoms. The Morgan fingerprint density at radius 2 is 1.23 bits per heavy atom. The summed E-state index contributed by atoms with van der Waals surface area (Å²) in [5, 5.41) is 17.9. The summed E-state index contributed by atoms with van der Waals surface area (Å²) in [5.74, 6) is 0.501. The molecular weight excluding hydrogens is 320 g/mol. The summed E-state index contributed by atoms with van der Waals surface area (Å²) in [6.45, 7) is 0. The van der Waals surface area contributed by atoms with Gasteiger partial charge < -0.3 is 0 Å². The van der Waals surface area contributed by atoms with E-state index in [1.165, 1.54) is 0 Å². The van der Waals surface area contributed by atoms with E-state index in [2.05, 4.69) is 16.3 Å². The topological polar surface area (TPSA) is 62.5 Å². The molecule has 4 rings (SSSR count). The summed E-state index contributed by atoms with van der Waals surface area (Å²) in [6, 6.07) is 29.2. The minimum Gasteiger partial charge on any atom is -0.224 e. The Hall–Kier alpha value is -3.84. The highest BCUT2D eigenvalue weighted by atomic mass is 15.2. The Kier molecular flexibility index (Phi) is 4.19. The average molecular weight is 334 g/mol. The number of hydrogen-bond donors (Lipinski definition) is 0. The molecule has 0 aliphatic heterocycles. The van der Waals surface area contributed by atoms with Crippen molar-refractivity contribution in [2.24, 2.45) is 0 Å². The summed E-state index contributed by atoms with van der Waals surface area (Å²) in [7, 11) is 0. The van der Waals surface area contributed by atoms with Gasteiger partial charge in [-0.3, -0.25) is 0 Å². The molecule has 1 heterocycles. The highest BCUT2D eigenvalue weighted by molar-refractivity contribution is 5.78. The van der Waals surface area contributed by atoms with Crippen molar-refractivity contribution in [1.82, 2.24) is 15.2 Å². The van der Waals surface area contributed by atoms with Crippen LogP contribution in [0.25, 0.3) is 33.9 Å². The smallest absolute Gasteiger partial charge is 0.182 e. The van der Waals surface area contributed by atoms with Crippen LogP contribution >= 0.6 is 0 Å². The number of nitrogens with zero attached hydrogens (tertiary/aromatic N) is 4. The summed E-state index contributed by atoms with van der Waals surface area (Å²) >= 11 is 0.